The molecular formula is C24H27Cl2NO2. The Hall–Kier alpha value is -1.81. The second-order valence-corrected chi connectivity index (χ2v) is 8.83. The molecule has 1 aliphatic carbocycles. The van der Waals surface area contributed by atoms with Crippen LogP contribution in [-0.4, -0.2) is 23.7 Å². The van der Waals surface area contributed by atoms with E-state index in [0.717, 1.165) is 24.0 Å². The average Bonchev–Trinajstić information content (AvgIpc) is 2.72. The summed E-state index contributed by atoms with van der Waals surface area (Å²) in [6, 6.07) is 15.4. The summed E-state index contributed by atoms with van der Waals surface area (Å²) in [5.41, 5.74) is 4.63. The van der Waals surface area contributed by atoms with Gasteiger partial charge in [0.25, 0.3) is 0 Å². The summed E-state index contributed by atoms with van der Waals surface area (Å²) < 4.78 is 0. The standard InChI is InChI=1S/C24H27Cl2NO2/c1-15(2)23(14-28)27-24(29)18-7-12-21(16-3-8-19(25)9-4-16)22(13-18)17-5-10-20(26)11-6-17/h3-6,8-11,15,18,23,28H,7,12-14H2,1-2H3,(H,27,29)/t18-,23?/m0/s1. The first kappa shape index (κ1) is 21.9. The molecule has 0 saturated heterocycles. The number of rotatable bonds is 6. The van der Waals surface area contributed by atoms with E-state index in [-0.39, 0.29) is 30.4 Å². The summed E-state index contributed by atoms with van der Waals surface area (Å²) in [5.74, 6) is 0.0762. The van der Waals surface area contributed by atoms with Crippen molar-refractivity contribution in [3.05, 3.63) is 69.7 Å². The van der Waals surface area contributed by atoms with Gasteiger partial charge in [0.2, 0.25) is 5.91 Å². The first-order valence-corrected chi connectivity index (χ1v) is 10.8. The average molecular weight is 432 g/mol. The molecule has 3 rings (SSSR count). The number of hydrogen-bond acceptors (Lipinski definition) is 2. The zero-order valence-corrected chi connectivity index (χ0v) is 18.3. The second-order valence-electron chi connectivity index (χ2n) is 7.95. The molecule has 2 aromatic rings. The van der Waals surface area contributed by atoms with E-state index in [4.69, 9.17) is 23.2 Å². The Morgan fingerprint density at radius 3 is 2.00 bits per heavy atom. The maximum atomic E-state index is 12.9. The molecule has 0 radical (unpaired) electrons. The molecule has 29 heavy (non-hydrogen) atoms. The highest BCUT2D eigenvalue weighted by atomic mass is 35.5. The molecule has 3 nitrogen and oxygen atoms in total. The lowest BCUT2D eigenvalue weighted by molar-refractivity contribution is -0.126. The van der Waals surface area contributed by atoms with Crippen LogP contribution in [0.15, 0.2) is 48.5 Å². The zero-order chi connectivity index (χ0) is 21.0. The number of carbonyl (C=O) groups excluding carboxylic acids is 1. The van der Waals surface area contributed by atoms with Crippen molar-refractivity contribution < 1.29 is 9.90 Å². The van der Waals surface area contributed by atoms with E-state index in [1.807, 2.05) is 62.4 Å². The van der Waals surface area contributed by atoms with Gasteiger partial charge in [0.1, 0.15) is 0 Å². The number of amides is 1. The van der Waals surface area contributed by atoms with Gasteiger partial charge < -0.3 is 10.4 Å². The Morgan fingerprint density at radius 1 is 1.00 bits per heavy atom. The van der Waals surface area contributed by atoms with Crippen LogP contribution in [0.2, 0.25) is 10.0 Å². The summed E-state index contributed by atoms with van der Waals surface area (Å²) in [6.45, 7) is 3.95. The number of allylic oxidation sites excluding steroid dienone is 2. The zero-order valence-electron chi connectivity index (χ0n) is 16.8. The molecule has 1 amide bonds. The number of aliphatic hydroxyl groups is 1. The SMILES string of the molecule is CC(C)C(CO)NC(=O)[C@H]1CCC(c2ccc(Cl)cc2)=C(c2ccc(Cl)cc2)C1. The van der Waals surface area contributed by atoms with E-state index in [1.165, 1.54) is 11.1 Å². The maximum absolute atomic E-state index is 12.9. The summed E-state index contributed by atoms with van der Waals surface area (Å²) in [6.07, 6.45) is 2.24. The van der Waals surface area contributed by atoms with Crippen LogP contribution in [0.5, 0.6) is 0 Å². The quantitative estimate of drug-likeness (QED) is 0.603. The number of carbonyl (C=O) groups is 1. The van der Waals surface area contributed by atoms with Crippen LogP contribution in [-0.2, 0) is 4.79 Å². The lowest BCUT2D eigenvalue weighted by Crippen LogP contribution is -2.44. The molecule has 2 aromatic carbocycles. The largest absolute Gasteiger partial charge is 0.394 e. The van der Waals surface area contributed by atoms with E-state index >= 15 is 0 Å². The third-order valence-corrected chi connectivity index (χ3v) is 6.15. The third-order valence-electron chi connectivity index (χ3n) is 5.64. The van der Waals surface area contributed by atoms with Gasteiger partial charge in [-0.05, 0) is 71.7 Å². The molecule has 0 fully saturated rings. The van der Waals surface area contributed by atoms with Crippen molar-refractivity contribution in [1.29, 1.82) is 0 Å². The van der Waals surface area contributed by atoms with Gasteiger partial charge in [0.15, 0.2) is 0 Å². The number of nitrogens with one attached hydrogen (secondary N) is 1. The Kier molecular flexibility index (Phi) is 7.39. The topological polar surface area (TPSA) is 49.3 Å². The van der Waals surface area contributed by atoms with Crippen molar-refractivity contribution in [1.82, 2.24) is 5.32 Å². The Morgan fingerprint density at radius 2 is 1.52 bits per heavy atom. The van der Waals surface area contributed by atoms with Crippen LogP contribution >= 0.6 is 23.2 Å². The summed E-state index contributed by atoms with van der Waals surface area (Å²) in [4.78, 5) is 12.9. The Bertz CT molecular complexity index is 873. The third kappa shape index (κ3) is 5.42. The fourth-order valence-electron chi connectivity index (χ4n) is 3.80. The fourth-order valence-corrected chi connectivity index (χ4v) is 4.05. The molecule has 154 valence electrons. The second kappa shape index (κ2) is 9.80. The molecule has 1 aliphatic rings. The van der Waals surface area contributed by atoms with E-state index in [1.54, 1.807) is 0 Å². The van der Waals surface area contributed by atoms with Crippen molar-refractivity contribution in [2.24, 2.45) is 11.8 Å². The van der Waals surface area contributed by atoms with Gasteiger partial charge in [0.05, 0.1) is 12.6 Å². The molecule has 2 atom stereocenters. The van der Waals surface area contributed by atoms with Gasteiger partial charge in [0, 0.05) is 16.0 Å². The number of halogens is 2. The molecule has 0 spiro atoms. The van der Waals surface area contributed by atoms with Gasteiger partial charge in [-0.25, -0.2) is 0 Å². The summed E-state index contributed by atoms with van der Waals surface area (Å²) in [5, 5.41) is 14.0. The predicted molar refractivity (Wildman–Crippen MR) is 121 cm³/mol. The predicted octanol–water partition coefficient (Wildman–Crippen LogP) is 5.84. The number of benzene rings is 2. The van der Waals surface area contributed by atoms with Gasteiger partial charge in [-0.2, -0.15) is 0 Å². The Balaban J connectivity index is 1.92. The van der Waals surface area contributed by atoms with Crippen molar-refractivity contribution in [2.75, 3.05) is 6.61 Å². The molecule has 5 heteroatoms. The molecule has 1 unspecified atom stereocenters. The van der Waals surface area contributed by atoms with Crippen LogP contribution in [0.3, 0.4) is 0 Å². The first-order valence-electron chi connectivity index (χ1n) is 10.0. The lowest BCUT2D eigenvalue weighted by Gasteiger charge is -2.29. The Labute approximate surface area is 182 Å². The maximum Gasteiger partial charge on any atom is 0.223 e. The van der Waals surface area contributed by atoms with E-state index in [9.17, 15) is 9.90 Å². The van der Waals surface area contributed by atoms with Crippen molar-refractivity contribution in [3.8, 4) is 0 Å². The number of hydrogen-bond donors (Lipinski definition) is 2. The van der Waals surface area contributed by atoms with Gasteiger partial charge in [-0.1, -0.05) is 61.3 Å². The molecular weight excluding hydrogens is 405 g/mol. The van der Waals surface area contributed by atoms with E-state index < -0.39 is 0 Å². The monoisotopic (exact) mass is 431 g/mol. The minimum absolute atomic E-state index is 0.0133. The van der Waals surface area contributed by atoms with E-state index in [2.05, 4.69) is 5.32 Å². The molecule has 0 aromatic heterocycles. The lowest BCUT2D eigenvalue weighted by atomic mass is 9.78. The van der Waals surface area contributed by atoms with Gasteiger partial charge in [-0.15, -0.1) is 0 Å². The smallest absolute Gasteiger partial charge is 0.223 e. The molecule has 0 bridgehead atoms. The highest BCUT2D eigenvalue weighted by Gasteiger charge is 2.29. The van der Waals surface area contributed by atoms with E-state index in [0.29, 0.717) is 16.5 Å². The minimum Gasteiger partial charge on any atom is -0.394 e. The van der Waals surface area contributed by atoms with Crippen LogP contribution in [0, 0.1) is 11.8 Å². The molecule has 0 saturated carbocycles. The summed E-state index contributed by atoms with van der Waals surface area (Å²) in [7, 11) is 0. The van der Waals surface area contributed by atoms with Crippen LogP contribution in [0.1, 0.15) is 44.2 Å². The molecule has 2 N–H and O–H groups in total. The molecule has 0 aliphatic heterocycles. The van der Waals surface area contributed by atoms with Gasteiger partial charge in [-0.3, -0.25) is 4.79 Å². The van der Waals surface area contributed by atoms with Gasteiger partial charge >= 0.3 is 0 Å². The first-order chi connectivity index (χ1) is 13.9. The number of aliphatic hydroxyl groups excluding tert-OH is 1. The highest BCUT2D eigenvalue weighted by molar-refractivity contribution is 6.31. The fraction of sp³-hybridized carbons (Fsp3) is 0.375. The van der Waals surface area contributed by atoms with Crippen LogP contribution < -0.4 is 5.32 Å². The minimum atomic E-state index is -0.219. The van der Waals surface area contributed by atoms with Crippen LogP contribution in [0.4, 0.5) is 0 Å². The highest BCUT2D eigenvalue weighted by Crippen LogP contribution is 2.41. The van der Waals surface area contributed by atoms with Crippen molar-refractivity contribution >= 4 is 40.3 Å². The van der Waals surface area contributed by atoms with Crippen molar-refractivity contribution in [2.45, 2.75) is 39.2 Å². The van der Waals surface area contributed by atoms with Crippen molar-refractivity contribution in [3.63, 3.8) is 0 Å². The normalized spacial score (nSPS) is 18.1. The summed E-state index contributed by atoms with van der Waals surface area (Å²) >= 11 is 12.2. The van der Waals surface area contributed by atoms with Crippen LogP contribution in [0.25, 0.3) is 11.1 Å². The molecule has 0 heterocycles.